The van der Waals surface area contributed by atoms with E-state index in [1.165, 1.54) is 0 Å². The maximum atomic E-state index is 10.7. The molecule has 0 aromatic heterocycles. The number of halogens is 1. The second-order valence-corrected chi connectivity index (χ2v) is 2.90. The van der Waals surface area contributed by atoms with Gasteiger partial charge in [-0.2, -0.15) is 0 Å². The molecular weight excluding hydrogens is 186 g/mol. The largest absolute Gasteiger partial charge is 0.381 e. The molecule has 0 atom stereocenters. The van der Waals surface area contributed by atoms with Gasteiger partial charge in [0.25, 0.3) is 0 Å². The number of rotatable bonds is 4. The Labute approximate surface area is 82.2 Å². The molecule has 0 amide bonds. The third kappa shape index (κ3) is 2.33. The quantitative estimate of drug-likeness (QED) is 0.591. The summed E-state index contributed by atoms with van der Waals surface area (Å²) in [6, 6.07) is 5.28. The molecule has 3 heteroatoms. The van der Waals surface area contributed by atoms with Gasteiger partial charge in [-0.05, 0) is 12.1 Å². The molecule has 0 bridgehead atoms. The van der Waals surface area contributed by atoms with E-state index in [9.17, 15) is 4.79 Å². The first-order valence-corrected chi connectivity index (χ1v) is 4.26. The van der Waals surface area contributed by atoms with Gasteiger partial charge >= 0.3 is 0 Å². The highest BCUT2D eigenvalue weighted by molar-refractivity contribution is 6.33. The highest BCUT2D eigenvalue weighted by atomic mass is 35.5. The average molecular weight is 196 g/mol. The summed E-state index contributed by atoms with van der Waals surface area (Å²) in [6.07, 6.45) is 2.46. The smallest absolute Gasteiger partial charge is 0.153 e. The van der Waals surface area contributed by atoms with Crippen molar-refractivity contribution in [1.82, 2.24) is 0 Å². The Morgan fingerprint density at radius 3 is 2.92 bits per heavy atom. The second-order valence-electron chi connectivity index (χ2n) is 2.49. The van der Waals surface area contributed by atoms with Crippen LogP contribution in [0.2, 0.25) is 5.02 Å². The normalized spacial score (nSPS) is 9.31. The van der Waals surface area contributed by atoms with E-state index in [-0.39, 0.29) is 0 Å². The SMILES string of the molecule is C=CCNc1cccc(Cl)c1C=O. The fourth-order valence-corrected chi connectivity index (χ4v) is 1.21. The zero-order valence-electron chi connectivity index (χ0n) is 7.09. The van der Waals surface area contributed by atoms with Gasteiger partial charge in [-0.3, -0.25) is 4.79 Å². The number of anilines is 1. The first-order chi connectivity index (χ1) is 6.29. The summed E-state index contributed by atoms with van der Waals surface area (Å²) >= 11 is 5.81. The first kappa shape index (κ1) is 9.81. The number of carbonyl (C=O) groups excluding carboxylic acids is 1. The van der Waals surface area contributed by atoms with Crippen LogP contribution in [0.25, 0.3) is 0 Å². The summed E-state index contributed by atoms with van der Waals surface area (Å²) in [5, 5.41) is 3.48. The van der Waals surface area contributed by atoms with Crippen LogP contribution in [0.4, 0.5) is 5.69 Å². The third-order valence-corrected chi connectivity index (χ3v) is 1.94. The topological polar surface area (TPSA) is 29.1 Å². The Bertz CT molecular complexity index is 323. The number of carbonyl (C=O) groups is 1. The van der Waals surface area contributed by atoms with Gasteiger partial charge in [-0.25, -0.2) is 0 Å². The molecule has 0 fully saturated rings. The van der Waals surface area contributed by atoms with Gasteiger partial charge in [0.15, 0.2) is 6.29 Å². The molecule has 0 aliphatic heterocycles. The van der Waals surface area contributed by atoms with E-state index >= 15 is 0 Å². The van der Waals surface area contributed by atoms with Crippen molar-refractivity contribution < 1.29 is 4.79 Å². The van der Waals surface area contributed by atoms with Crippen molar-refractivity contribution >= 4 is 23.6 Å². The highest BCUT2D eigenvalue weighted by Crippen LogP contribution is 2.21. The zero-order chi connectivity index (χ0) is 9.68. The van der Waals surface area contributed by atoms with Crippen LogP contribution in [0.1, 0.15) is 10.4 Å². The molecule has 0 radical (unpaired) electrons. The van der Waals surface area contributed by atoms with E-state index in [2.05, 4.69) is 11.9 Å². The van der Waals surface area contributed by atoms with Crippen LogP contribution in [0, 0.1) is 0 Å². The van der Waals surface area contributed by atoms with Crippen LogP contribution in [-0.4, -0.2) is 12.8 Å². The summed E-state index contributed by atoms with van der Waals surface area (Å²) in [7, 11) is 0. The molecule has 0 aliphatic carbocycles. The standard InChI is InChI=1S/C10H10ClNO/c1-2-6-12-10-5-3-4-9(11)8(10)7-13/h2-5,7,12H,1,6H2. The number of hydrogen-bond donors (Lipinski definition) is 1. The maximum Gasteiger partial charge on any atom is 0.153 e. The predicted octanol–water partition coefficient (Wildman–Crippen LogP) is 2.75. The number of hydrogen-bond acceptors (Lipinski definition) is 2. The average Bonchev–Trinajstić information content (AvgIpc) is 2.15. The Morgan fingerprint density at radius 1 is 1.54 bits per heavy atom. The Morgan fingerprint density at radius 2 is 2.31 bits per heavy atom. The van der Waals surface area contributed by atoms with Crippen molar-refractivity contribution in [3.05, 3.63) is 41.4 Å². The van der Waals surface area contributed by atoms with Gasteiger partial charge in [-0.15, -0.1) is 6.58 Å². The minimum Gasteiger partial charge on any atom is -0.381 e. The van der Waals surface area contributed by atoms with Crippen LogP contribution in [0.3, 0.4) is 0 Å². The summed E-state index contributed by atoms with van der Waals surface area (Å²) in [6.45, 7) is 4.18. The van der Waals surface area contributed by atoms with E-state index in [1.807, 2.05) is 0 Å². The van der Waals surface area contributed by atoms with Gasteiger partial charge in [0, 0.05) is 12.2 Å². The number of nitrogens with one attached hydrogen (secondary N) is 1. The zero-order valence-corrected chi connectivity index (χ0v) is 7.84. The lowest BCUT2D eigenvalue weighted by Crippen LogP contribution is -2.01. The molecule has 1 aromatic carbocycles. The number of benzene rings is 1. The predicted molar refractivity (Wildman–Crippen MR) is 55.5 cm³/mol. The maximum absolute atomic E-state index is 10.7. The Kier molecular flexibility index (Phi) is 3.53. The summed E-state index contributed by atoms with van der Waals surface area (Å²) in [5.41, 5.74) is 1.23. The van der Waals surface area contributed by atoms with E-state index in [0.717, 1.165) is 12.0 Å². The van der Waals surface area contributed by atoms with Crippen LogP contribution < -0.4 is 5.32 Å². The lowest BCUT2D eigenvalue weighted by Gasteiger charge is -2.06. The summed E-state index contributed by atoms with van der Waals surface area (Å²) in [5.74, 6) is 0. The summed E-state index contributed by atoms with van der Waals surface area (Å²) in [4.78, 5) is 10.7. The van der Waals surface area contributed by atoms with Gasteiger partial charge in [-0.1, -0.05) is 23.7 Å². The van der Waals surface area contributed by atoms with Gasteiger partial charge in [0.2, 0.25) is 0 Å². The third-order valence-electron chi connectivity index (χ3n) is 1.61. The van der Waals surface area contributed by atoms with Crippen molar-refractivity contribution in [3.8, 4) is 0 Å². The molecule has 0 saturated heterocycles. The van der Waals surface area contributed by atoms with Gasteiger partial charge in [0.05, 0.1) is 10.6 Å². The fourth-order valence-electron chi connectivity index (χ4n) is 0.993. The van der Waals surface area contributed by atoms with E-state index in [0.29, 0.717) is 17.1 Å². The molecule has 0 heterocycles. The molecule has 2 nitrogen and oxygen atoms in total. The van der Waals surface area contributed by atoms with Crippen LogP contribution >= 0.6 is 11.6 Å². The molecule has 1 N–H and O–H groups in total. The van der Waals surface area contributed by atoms with Crippen LogP contribution in [0.5, 0.6) is 0 Å². The molecule has 0 unspecified atom stereocenters. The lowest BCUT2D eigenvalue weighted by atomic mass is 10.2. The van der Waals surface area contributed by atoms with Crippen molar-refractivity contribution in [3.63, 3.8) is 0 Å². The highest BCUT2D eigenvalue weighted by Gasteiger charge is 2.03. The van der Waals surface area contributed by atoms with Crippen molar-refractivity contribution in [2.45, 2.75) is 0 Å². The summed E-state index contributed by atoms with van der Waals surface area (Å²) < 4.78 is 0. The number of aldehydes is 1. The molecule has 13 heavy (non-hydrogen) atoms. The lowest BCUT2D eigenvalue weighted by molar-refractivity contribution is 0.112. The monoisotopic (exact) mass is 195 g/mol. The Hall–Kier alpha value is -1.28. The van der Waals surface area contributed by atoms with Crippen molar-refractivity contribution in [2.75, 3.05) is 11.9 Å². The van der Waals surface area contributed by atoms with Crippen molar-refractivity contribution in [2.24, 2.45) is 0 Å². The minimum absolute atomic E-state index is 0.462. The van der Waals surface area contributed by atoms with Gasteiger partial charge < -0.3 is 5.32 Å². The van der Waals surface area contributed by atoms with Gasteiger partial charge in [0.1, 0.15) is 0 Å². The van der Waals surface area contributed by atoms with Crippen LogP contribution in [-0.2, 0) is 0 Å². The van der Waals surface area contributed by atoms with Crippen molar-refractivity contribution in [1.29, 1.82) is 0 Å². The molecule has 0 saturated carbocycles. The molecular formula is C10H10ClNO. The molecule has 68 valence electrons. The van der Waals surface area contributed by atoms with E-state index < -0.39 is 0 Å². The van der Waals surface area contributed by atoms with Crippen LogP contribution in [0.15, 0.2) is 30.9 Å². The first-order valence-electron chi connectivity index (χ1n) is 3.88. The fraction of sp³-hybridized carbons (Fsp3) is 0.100. The van der Waals surface area contributed by atoms with E-state index in [1.54, 1.807) is 24.3 Å². The molecule has 1 rings (SSSR count). The molecule has 1 aromatic rings. The molecule has 0 spiro atoms. The minimum atomic E-state index is 0.462. The Balaban J connectivity index is 2.97. The molecule has 0 aliphatic rings. The second kappa shape index (κ2) is 4.67. The van der Waals surface area contributed by atoms with E-state index in [4.69, 9.17) is 11.6 Å².